The van der Waals surface area contributed by atoms with E-state index in [0.717, 1.165) is 0 Å². The SMILES string of the molecule is CO[C@@H]1C[C@@H](O)[C@H](N(C)C(=O)OCC2c3ccccc3-c3ccccc32)[C@@H](C)O1. The molecule has 1 amide bonds. The highest BCUT2D eigenvalue weighted by molar-refractivity contribution is 5.79. The average molecular weight is 397 g/mol. The van der Waals surface area contributed by atoms with Gasteiger partial charge in [0.1, 0.15) is 6.61 Å². The summed E-state index contributed by atoms with van der Waals surface area (Å²) in [4.78, 5) is 14.2. The number of aliphatic hydroxyl groups excluding tert-OH is 1. The van der Waals surface area contributed by atoms with Gasteiger partial charge >= 0.3 is 6.09 Å². The fourth-order valence-electron chi connectivity index (χ4n) is 4.57. The first-order chi connectivity index (χ1) is 14.0. The Bertz CT molecular complexity index is 828. The van der Waals surface area contributed by atoms with Gasteiger partial charge in [-0.3, -0.25) is 0 Å². The van der Waals surface area contributed by atoms with E-state index >= 15 is 0 Å². The zero-order valence-electron chi connectivity index (χ0n) is 16.9. The number of carbonyl (C=O) groups excluding carboxylic acids is 1. The molecule has 0 spiro atoms. The number of fused-ring (bicyclic) bond motifs is 3. The first-order valence-electron chi connectivity index (χ1n) is 9.95. The van der Waals surface area contributed by atoms with Crippen LogP contribution in [-0.2, 0) is 14.2 Å². The summed E-state index contributed by atoms with van der Waals surface area (Å²) in [6, 6.07) is 16.0. The highest BCUT2D eigenvalue weighted by atomic mass is 16.7. The fourth-order valence-corrected chi connectivity index (χ4v) is 4.57. The number of amides is 1. The van der Waals surface area contributed by atoms with Crippen LogP contribution in [0.1, 0.15) is 30.4 Å². The molecule has 0 aromatic heterocycles. The molecule has 4 rings (SSSR count). The second kappa shape index (κ2) is 8.14. The number of rotatable bonds is 4. The van der Waals surface area contributed by atoms with E-state index in [1.807, 2.05) is 31.2 Å². The minimum atomic E-state index is -0.741. The lowest BCUT2D eigenvalue weighted by Crippen LogP contribution is -2.57. The molecular formula is C23H27NO5. The lowest BCUT2D eigenvalue weighted by molar-refractivity contribution is -0.220. The summed E-state index contributed by atoms with van der Waals surface area (Å²) in [5.74, 6) is 0.00238. The van der Waals surface area contributed by atoms with Crippen molar-refractivity contribution in [3.8, 4) is 11.1 Å². The van der Waals surface area contributed by atoms with Gasteiger partial charge in [0.05, 0.1) is 18.2 Å². The summed E-state index contributed by atoms with van der Waals surface area (Å²) in [6.07, 6.45) is -1.73. The van der Waals surface area contributed by atoms with Crippen molar-refractivity contribution in [2.75, 3.05) is 20.8 Å². The van der Waals surface area contributed by atoms with Gasteiger partial charge in [-0.25, -0.2) is 4.79 Å². The maximum atomic E-state index is 12.8. The first kappa shape index (κ1) is 19.9. The standard InChI is InChI=1S/C23H27NO5/c1-14-22(20(25)12-21(27-3)29-14)24(2)23(26)28-13-19-17-10-6-4-8-15(17)16-9-5-7-11-18(16)19/h4-11,14,19-22,25H,12-13H2,1-3H3/t14-,20-,21+,22-/m1/s1. The minimum absolute atomic E-state index is 0.00238. The van der Waals surface area contributed by atoms with Crippen molar-refractivity contribution in [1.82, 2.24) is 4.90 Å². The fraction of sp³-hybridized carbons (Fsp3) is 0.435. The topological polar surface area (TPSA) is 68.2 Å². The van der Waals surface area contributed by atoms with Crippen LogP contribution >= 0.6 is 0 Å². The van der Waals surface area contributed by atoms with Crippen LogP contribution in [0.25, 0.3) is 11.1 Å². The van der Waals surface area contributed by atoms with Gasteiger partial charge in [-0.15, -0.1) is 0 Å². The van der Waals surface area contributed by atoms with Crippen LogP contribution in [0.3, 0.4) is 0 Å². The van der Waals surface area contributed by atoms with Crippen LogP contribution in [0.5, 0.6) is 0 Å². The number of methoxy groups -OCH3 is 1. The average Bonchev–Trinajstić information content (AvgIpc) is 3.05. The smallest absolute Gasteiger partial charge is 0.409 e. The van der Waals surface area contributed by atoms with E-state index in [4.69, 9.17) is 14.2 Å². The summed E-state index contributed by atoms with van der Waals surface area (Å²) in [5, 5.41) is 10.5. The van der Waals surface area contributed by atoms with E-state index in [2.05, 4.69) is 24.3 Å². The Morgan fingerprint density at radius 3 is 2.28 bits per heavy atom. The Hall–Kier alpha value is -2.41. The van der Waals surface area contributed by atoms with Crippen molar-refractivity contribution in [2.24, 2.45) is 0 Å². The Kier molecular flexibility index (Phi) is 5.58. The van der Waals surface area contributed by atoms with Crippen LogP contribution < -0.4 is 0 Å². The molecule has 2 aromatic rings. The van der Waals surface area contributed by atoms with Crippen LogP contribution in [0.15, 0.2) is 48.5 Å². The van der Waals surface area contributed by atoms with Gasteiger partial charge in [0, 0.05) is 26.5 Å². The van der Waals surface area contributed by atoms with Crippen molar-refractivity contribution in [3.63, 3.8) is 0 Å². The van der Waals surface area contributed by atoms with Crippen LogP contribution in [-0.4, -0.2) is 61.4 Å². The quantitative estimate of drug-likeness (QED) is 0.857. The number of hydrogen-bond donors (Lipinski definition) is 1. The summed E-state index contributed by atoms with van der Waals surface area (Å²) in [7, 11) is 3.18. The van der Waals surface area contributed by atoms with Gasteiger partial charge < -0.3 is 24.2 Å². The lowest BCUT2D eigenvalue weighted by atomic mass is 9.98. The zero-order valence-corrected chi connectivity index (χ0v) is 16.9. The number of benzene rings is 2. The van der Waals surface area contributed by atoms with Gasteiger partial charge in [0.2, 0.25) is 0 Å². The van der Waals surface area contributed by atoms with Crippen LogP contribution in [0, 0.1) is 0 Å². The van der Waals surface area contributed by atoms with Gasteiger partial charge in [-0.05, 0) is 29.2 Å². The van der Waals surface area contributed by atoms with E-state index in [0.29, 0.717) is 6.42 Å². The van der Waals surface area contributed by atoms with Crippen molar-refractivity contribution in [3.05, 3.63) is 59.7 Å². The molecule has 0 radical (unpaired) electrons. The van der Waals surface area contributed by atoms with Crippen LogP contribution in [0.4, 0.5) is 4.79 Å². The number of carbonyl (C=O) groups is 1. The van der Waals surface area contributed by atoms with Gasteiger partial charge in [-0.1, -0.05) is 48.5 Å². The monoisotopic (exact) mass is 397 g/mol. The van der Waals surface area contributed by atoms with E-state index in [9.17, 15) is 9.90 Å². The molecule has 4 atom stereocenters. The van der Waals surface area contributed by atoms with Crippen molar-refractivity contribution in [1.29, 1.82) is 0 Å². The summed E-state index contributed by atoms with van der Waals surface area (Å²) >= 11 is 0. The largest absolute Gasteiger partial charge is 0.448 e. The molecule has 0 unspecified atom stereocenters. The molecule has 1 N–H and O–H groups in total. The molecule has 1 fully saturated rings. The molecule has 0 bridgehead atoms. The van der Waals surface area contributed by atoms with Gasteiger partial charge in [-0.2, -0.15) is 0 Å². The normalized spacial score (nSPS) is 25.9. The highest BCUT2D eigenvalue weighted by Crippen LogP contribution is 2.44. The maximum absolute atomic E-state index is 12.8. The third-order valence-corrected chi connectivity index (χ3v) is 6.01. The predicted molar refractivity (Wildman–Crippen MR) is 109 cm³/mol. The molecule has 1 saturated heterocycles. The molecule has 6 heteroatoms. The molecule has 1 heterocycles. The van der Waals surface area contributed by atoms with Gasteiger partial charge in [0.25, 0.3) is 0 Å². The van der Waals surface area contributed by atoms with E-state index in [1.165, 1.54) is 27.2 Å². The number of nitrogens with zero attached hydrogens (tertiary/aromatic N) is 1. The molecular weight excluding hydrogens is 370 g/mol. The third kappa shape index (κ3) is 3.64. The van der Waals surface area contributed by atoms with Crippen molar-refractivity contribution in [2.45, 2.75) is 43.8 Å². The Morgan fingerprint density at radius 1 is 1.14 bits per heavy atom. The lowest BCUT2D eigenvalue weighted by Gasteiger charge is -2.41. The van der Waals surface area contributed by atoms with Gasteiger partial charge in [0.15, 0.2) is 6.29 Å². The molecule has 6 nitrogen and oxygen atoms in total. The second-order valence-corrected chi connectivity index (χ2v) is 7.72. The van der Waals surface area contributed by atoms with Crippen molar-refractivity contribution >= 4 is 6.09 Å². The number of ether oxygens (including phenoxy) is 3. The molecule has 29 heavy (non-hydrogen) atoms. The number of hydrogen-bond acceptors (Lipinski definition) is 5. The summed E-state index contributed by atoms with van der Waals surface area (Å²) in [6.45, 7) is 2.07. The Labute approximate surface area is 171 Å². The summed E-state index contributed by atoms with van der Waals surface area (Å²) in [5.41, 5.74) is 4.71. The van der Waals surface area contributed by atoms with Crippen molar-refractivity contribution < 1.29 is 24.1 Å². The first-order valence-corrected chi connectivity index (χ1v) is 9.95. The van der Waals surface area contributed by atoms with E-state index < -0.39 is 24.5 Å². The highest BCUT2D eigenvalue weighted by Gasteiger charge is 2.40. The van der Waals surface area contributed by atoms with Crippen LogP contribution in [0.2, 0.25) is 0 Å². The maximum Gasteiger partial charge on any atom is 0.409 e. The second-order valence-electron chi connectivity index (χ2n) is 7.72. The molecule has 1 aliphatic heterocycles. The molecule has 2 aliphatic rings. The number of aliphatic hydroxyl groups is 1. The summed E-state index contributed by atoms with van der Waals surface area (Å²) < 4.78 is 16.6. The predicted octanol–water partition coefficient (Wildman–Crippen LogP) is 3.38. The Balaban J connectivity index is 1.46. The Morgan fingerprint density at radius 2 is 1.72 bits per heavy atom. The number of likely N-dealkylation sites (N-methyl/N-ethyl adjacent to an activating group) is 1. The molecule has 2 aromatic carbocycles. The minimum Gasteiger partial charge on any atom is -0.448 e. The van der Waals surface area contributed by atoms with E-state index in [1.54, 1.807) is 14.2 Å². The zero-order chi connectivity index (χ0) is 20.5. The van der Waals surface area contributed by atoms with E-state index in [-0.39, 0.29) is 18.6 Å². The molecule has 1 aliphatic carbocycles. The third-order valence-electron chi connectivity index (χ3n) is 6.01. The molecule has 154 valence electrons. The molecule has 0 saturated carbocycles.